The number of tetrazole rings is 1. The Morgan fingerprint density at radius 1 is 1.11 bits per heavy atom. The zero-order valence-corrected chi connectivity index (χ0v) is 22.1. The van der Waals surface area contributed by atoms with E-state index in [1.165, 1.54) is 11.8 Å². The van der Waals surface area contributed by atoms with E-state index in [2.05, 4.69) is 43.2 Å². The zero-order valence-electron chi connectivity index (χ0n) is 20.6. The van der Waals surface area contributed by atoms with Gasteiger partial charge in [-0.1, -0.05) is 41.1 Å². The van der Waals surface area contributed by atoms with Crippen LogP contribution in [0.1, 0.15) is 33.5 Å². The van der Waals surface area contributed by atoms with Gasteiger partial charge in [-0.2, -0.15) is 4.68 Å². The topological polar surface area (TPSA) is 105 Å². The Bertz CT molecular complexity index is 1190. The molecule has 0 bridgehead atoms. The summed E-state index contributed by atoms with van der Waals surface area (Å²) in [6, 6.07) is 8.96. The largest absolute Gasteiger partial charge is 0.352 e. The Balaban J connectivity index is 1.59. The van der Waals surface area contributed by atoms with Crippen LogP contribution in [0, 0.1) is 20.8 Å². The second-order valence-electron chi connectivity index (χ2n) is 8.56. The molecule has 1 aromatic heterocycles. The number of halogens is 1. The van der Waals surface area contributed by atoms with Gasteiger partial charge in [0.05, 0.1) is 22.2 Å². The van der Waals surface area contributed by atoms with Gasteiger partial charge in [-0.3, -0.25) is 9.59 Å². The third-order valence-electron chi connectivity index (χ3n) is 5.19. The fraction of sp³-hybridized carbons (Fsp3) is 0.375. The quantitative estimate of drug-likeness (QED) is 0.313. The summed E-state index contributed by atoms with van der Waals surface area (Å²) in [6.07, 6.45) is 0.852. The number of rotatable bonds is 10. The van der Waals surface area contributed by atoms with Gasteiger partial charge < -0.3 is 15.5 Å². The SMILES string of the molecule is Cc1cc(C)c(-n2nnnc2SCC(=O)Nc2ccc(C(=O)NCCCN(C)C)cc2Cl)c(C)c1. The predicted octanol–water partition coefficient (Wildman–Crippen LogP) is 3.65. The standard InChI is InChI=1S/C24H30ClN7O2S/c1-15-11-16(2)22(17(3)12-15)32-24(28-29-30-32)35-14-21(33)27-20-8-7-18(13-19(20)25)23(34)26-9-6-10-31(4)5/h7-8,11-13H,6,9-10,14H2,1-5H3,(H,26,34)(H,27,33). The van der Waals surface area contributed by atoms with Gasteiger partial charge in [0.15, 0.2) is 0 Å². The number of carbonyl (C=O) groups is 2. The first-order chi connectivity index (χ1) is 16.7. The van der Waals surface area contributed by atoms with Gasteiger partial charge >= 0.3 is 0 Å². The first kappa shape index (κ1) is 26.7. The number of anilines is 1. The van der Waals surface area contributed by atoms with Gasteiger partial charge in [-0.15, -0.1) is 5.10 Å². The average molecular weight is 516 g/mol. The third kappa shape index (κ3) is 7.27. The number of nitrogens with one attached hydrogen (secondary N) is 2. The van der Waals surface area contributed by atoms with Gasteiger partial charge in [-0.25, -0.2) is 0 Å². The van der Waals surface area contributed by atoms with Crippen molar-refractivity contribution in [1.29, 1.82) is 0 Å². The van der Waals surface area contributed by atoms with Crippen LogP contribution < -0.4 is 10.6 Å². The van der Waals surface area contributed by atoms with Crippen LogP contribution in [0.3, 0.4) is 0 Å². The normalized spacial score (nSPS) is 11.1. The summed E-state index contributed by atoms with van der Waals surface area (Å²) in [6.45, 7) is 7.52. The lowest BCUT2D eigenvalue weighted by atomic mass is 10.1. The second kappa shape index (κ2) is 12.1. The van der Waals surface area contributed by atoms with E-state index in [0.717, 1.165) is 35.3 Å². The minimum absolute atomic E-state index is 0.0920. The number of carbonyl (C=O) groups excluding carboxylic acids is 2. The van der Waals surface area contributed by atoms with E-state index in [0.29, 0.717) is 28.0 Å². The number of nitrogens with zero attached hydrogens (tertiary/aromatic N) is 5. The van der Waals surface area contributed by atoms with Crippen LogP contribution in [0.2, 0.25) is 5.02 Å². The molecule has 11 heteroatoms. The van der Waals surface area contributed by atoms with Crippen LogP contribution >= 0.6 is 23.4 Å². The van der Waals surface area contributed by atoms with Crippen molar-refractivity contribution in [2.24, 2.45) is 0 Å². The molecule has 0 radical (unpaired) electrons. The molecule has 3 rings (SSSR count). The van der Waals surface area contributed by atoms with E-state index in [1.807, 2.05) is 34.9 Å². The molecule has 0 aliphatic carbocycles. The molecular weight excluding hydrogens is 486 g/mol. The molecule has 9 nitrogen and oxygen atoms in total. The molecule has 1 heterocycles. The fourth-order valence-corrected chi connectivity index (χ4v) is 4.59. The van der Waals surface area contributed by atoms with Crippen molar-refractivity contribution in [1.82, 2.24) is 30.4 Å². The van der Waals surface area contributed by atoms with Crippen molar-refractivity contribution in [2.75, 3.05) is 38.3 Å². The van der Waals surface area contributed by atoms with Crippen LogP contribution in [0.25, 0.3) is 5.69 Å². The van der Waals surface area contributed by atoms with Crippen molar-refractivity contribution in [3.63, 3.8) is 0 Å². The lowest BCUT2D eigenvalue weighted by molar-refractivity contribution is -0.113. The summed E-state index contributed by atoms with van der Waals surface area (Å²) in [5.41, 5.74) is 5.04. The van der Waals surface area contributed by atoms with Gasteiger partial charge in [0.2, 0.25) is 11.1 Å². The Morgan fingerprint density at radius 3 is 2.49 bits per heavy atom. The van der Waals surface area contributed by atoms with Gasteiger partial charge in [0.1, 0.15) is 0 Å². The summed E-state index contributed by atoms with van der Waals surface area (Å²) < 4.78 is 1.65. The first-order valence-electron chi connectivity index (χ1n) is 11.2. The Morgan fingerprint density at radius 2 is 1.83 bits per heavy atom. The van der Waals surface area contributed by atoms with E-state index in [9.17, 15) is 9.59 Å². The third-order valence-corrected chi connectivity index (χ3v) is 6.43. The van der Waals surface area contributed by atoms with Crippen LogP contribution in [0.15, 0.2) is 35.5 Å². The van der Waals surface area contributed by atoms with Gasteiger partial charge in [0, 0.05) is 12.1 Å². The molecule has 2 amide bonds. The van der Waals surface area contributed by atoms with E-state index in [-0.39, 0.29) is 17.6 Å². The molecule has 0 spiro atoms. The second-order valence-corrected chi connectivity index (χ2v) is 9.91. The van der Waals surface area contributed by atoms with Crippen molar-refractivity contribution in [2.45, 2.75) is 32.3 Å². The molecular formula is C24H30ClN7O2S. The first-order valence-corrected chi connectivity index (χ1v) is 12.5. The molecule has 0 aliphatic rings. The molecule has 0 fully saturated rings. The average Bonchev–Trinajstić information content (AvgIpc) is 3.23. The number of aryl methyl sites for hydroxylation is 3. The molecule has 3 aromatic rings. The Kier molecular flexibility index (Phi) is 9.25. The molecule has 186 valence electrons. The predicted molar refractivity (Wildman–Crippen MR) is 140 cm³/mol. The summed E-state index contributed by atoms with van der Waals surface area (Å²) in [7, 11) is 3.97. The Labute approximate surface area is 214 Å². The number of amides is 2. The fourth-order valence-electron chi connectivity index (χ4n) is 3.69. The number of hydrogen-bond acceptors (Lipinski definition) is 7. The number of aromatic nitrogens is 4. The molecule has 0 aliphatic heterocycles. The highest BCUT2D eigenvalue weighted by Crippen LogP contribution is 2.26. The highest BCUT2D eigenvalue weighted by molar-refractivity contribution is 7.99. The smallest absolute Gasteiger partial charge is 0.251 e. The van der Waals surface area contributed by atoms with Crippen LogP contribution in [0.5, 0.6) is 0 Å². The maximum absolute atomic E-state index is 12.6. The summed E-state index contributed by atoms with van der Waals surface area (Å²) in [5.74, 6) is -0.369. The van der Waals surface area contributed by atoms with E-state index in [1.54, 1.807) is 22.9 Å². The molecule has 0 saturated carbocycles. The highest BCUT2D eigenvalue weighted by atomic mass is 35.5. The van der Waals surface area contributed by atoms with E-state index >= 15 is 0 Å². The number of benzene rings is 2. The van der Waals surface area contributed by atoms with Crippen molar-refractivity contribution < 1.29 is 9.59 Å². The molecule has 0 unspecified atom stereocenters. The van der Waals surface area contributed by atoms with Crippen molar-refractivity contribution in [3.05, 3.63) is 57.6 Å². The maximum atomic E-state index is 12.6. The lowest BCUT2D eigenvalue weighted by Crippen LogP contribution is -2.27. The van der Waals surface area contributed by atoms with Crippen LogP contribution in [-0.4, -0.2) is 69.9 Å². The Hall–Kier alpha value is -2.95. The molecule has 0 atom stereocenters. The molecule has 35 heavy (non-hydrogen) atoms. The van der Waals surface area contributed by atoms with Crippen LogP contribution in [-0.2, 0) is 4.79 Å². The molecule has 0 saturated heterocycles. The monoisotopic (exact) mass is 515 g/mol. The maximum Gasteiger partial charge on any atom is 0.251 e. The zero-order chi connectivity index (χ0) is 25.5. The summed E-state index contributed by atoms with van der Waals surface area (Å²) >= 11 is 7.56. The van der Waals surface area contributed by atoms with Gasteiger partial charge in [-0.05, 0) is 87.6 Å². The van der Waals surface area contributed by atoms with Crippen LogP contribution in [0.4, 0.5) is 5.69 Å². The summed E-state index contributed by atoms with van der Waals surface area (Å²) in [4.78, 5) is 27.0. The number of thioether (sulfide) groups is 1. The minimum atomic E-state index is -0.260. The highest BCUT2D eigenvalue weighted by Gasteiger charge is 2.16. The molecule has 2 N–H and O–H groups in total. The minimum Gasteiger partial charge on any atom is -0.352 e. The van der Waals surface area contributed by atoms with Crippen molar-refractivity contribution >= 4 is 40.9 Å². The number of hydrogen-bond donors (Lipinski definition) is 2. The lowest BCUT2D eigenvalue weighted by Gasteiger charge is -2.12. The molecule has 2 aromatic carbocycles. The van der Waals surface area contributed by atoms with Gasteiger partial charge in [0.25, 0.3) is 5.91 Å². The van der Waals surface area contributed by atoms with E-state index < -0.39 is 0 Å². The van der Waals surface area contributed by atoms with E-state index in [4.69, 9.17) is 11.6 Å². The summed E-state index contributed by atoms with van der Waals surface area (Å²) in [5, 5.41) is 18.4. The van der Waals surface area contributed by atoms with Crippen molar-refractivity contribution in [3.8, 4) is 5.69 Å².